The number of nitrogens with zero attached hydrogens (tertiary/aromatic N) is 5. The molecule has 0 atom stereocenters. The van der Waals surface area contributed by atoms with Gasteiger partial charge in [-0.2, -0.15) is 5.10 Å². The number of aromatic nitrogens is 5. The molecule has 134 valence electrons. The van der Waals surface area contributed by atoms with Gasteiger partial charge in [-0.25, -0.2) is 4.68 Å². The van der Waals surface area contributed by atoms with Gasteiger partial charge in [-0.3, -0.25) is 14.0 Å². The van der Waals surface area contributed by atoms with E-state index in [1.54, 1.807) is 4.40 Å². The van der Waals surface area contributed by atoms with Crippen LogP contribution in [0.25, 0.3) is 5.65 Å². The first-order valence-electron chi connectivity index (χ1n) is 8.40. The van der Waals surface area contributed by atoms with Crippen molar-refractivity contribution in [2.24, 2.45) is 0 Å². The predicted molar refractivity (Wildman–Crippen MR) is 98.2 cm³/mol. The lowest BCUT2D eigenvalue weighted by atomic mass is 10.2. The Hall–Kier alpha value is -3.81. The van der Waals surface area contributed by atoms with Crippen molar-refractivity contribution in [3.8, 4) is 0 Å². The summed E-state index contributed by atoms with van der Waals surface area (Å²) in [4.78, 5) is 24.5. The molecule has 0 aliphatic heterocycles. The summed E-state index contributed by atoms with van der Waals surface area (Å²) in [7, 11) is 0. The second-order valence-electron chi connectivity index (χ2n) is 5.93. The van der Waals surface area contributed by atoms with Gasteiger partial charge in [-0.05, 0) is 23.8 Å². The Balaban J connectivity index is 1.50. The number of amides is 1. The maximum atomic E-state index is 12.4. The lowest BCUT2D eigenvalue weighted by Gasteiger charge is -2.07. The van der Waals surface area contributed by atoms with Crippen molar-refractivity contribution >= 4 is 11.6 Å². The molecular formula is C19H16N6O2. The number of nitrogens with one attached hydrogen (secondary N) is 1. The van der Waals surface area contributed by atoms with Gasteiger partial charge in [0.15, 0.2) is 11.5 Å². The van der Waals surface area contributed by atoms with Crippen LogP contribution < -0.4 is 10.9 Å². The van der Waals surface area contributed by atoms with E-state index in [2.05, 4.69) is 20.6 Å². The zero-order valence-corrected chi connectivity index (χ0v) is 14.3. The van der Waals surface area contributed by atoms with Crippen LogP contribution >= 0.6 is 0 Å². The summed E-state index contributed by atoms with van der Waals surface area (Å²) in [6.45, 7) is 0.499. The van der Waals surface area contributed by atoms with E-state index in [0.29, 0.717) is 18.0 Å². The van der Waals surface area contributed by atoms with E-state index >= 15 is 0 Å². The van der Waals surface area contributed by atoms with Crippen LogP contribution in [0.4, 0.5) is 0 Å². The Morgan fingerprint density at radius 2 is 1.78 bits per heavy atom. The summed E-state index contributed by atoms with van der Waals surface area (Å²) < 4.78 is 3.07. The molecule has 0 saturated heterocycles. The Labute approximate surface area is 154 Å². The van der Waals surface area contributed by atoms with Gasteiger partial charge < -0.3 is 5.32 Å². The molecule has 0 spiro atoms. The Morgan fingerprint density at radius 3 is 2.63 bits per heavy atom. The van der Waals surface area contributed by atoms with Gasteiger partial charge in [0.1, 0.15) is 5.69 Å². The van der Waals surface area contributed by atoms with E-state index < -0.39 is 0 Å². The number of benzene rings is 1. The summed E-state index contributed by atoms with van der Waals surface area (Å²) in [5.41, 5.74) is 1.54. The molecule has 0 aliphatic carbocycles. The minimum atomic E-state index is -0.385. The average Bonchev–Trinajstić information content (AvgIpc) is 3.12. The smallest absolute Gasteiger partial charge is 0.272 e. The van der Waals surface area contributed by atoms with E-state index in [-0.39, 0.29) is 23.7 Å². The van der Waals surface area contributed by atoms with Gasteiger partial charge in [0.25, 0.3) is 11.5 Å². The molecule has 0 radical (unpaired) electrons. The van der Waals surface area contributed by atoms with Crippen LogP contribution in [-0.4, -0.2) is 30.3 Å². The molecule has 0 aliphatic rings. The molecule has 3 heterocycles. The maximum absolute atomic E-state index is 12.4. The maximum Gasteiger partial charge on any atom is 0.272 e. The highest BCUT2D eigenvalue weighted by Crippen LogP contribution is 2.03. The van der Waals surface area contributed by atoms with Crippen molar-refractivity contribution in [2.45, 2.75) is 13.1 Å². The molecular weight excluding hydrogens is 344 g/mol. The van der Waals surface area contributed by atoms with Crippen LogP contribution in [0, 0.1) is 0 Å². The molecule has 3 aromatic heterocycles. The number of hydrogen-bond acceptors (Lipinski definition) is 5. The van der Waals surface area contributed by atoms with Crippen LogP contribution in [0.3, 0.4) is 0 Å². The fourth-order valence-corrected chi connectivity index (χ4v) is 2.70. The topological polar surface area (TPSA) is 94.2 Å². The summed E-state index contributed by atoms with van der Waals surface area (Å²) in [6, 6.07) is 17.8. The number of carbonyl (C=O) groups is 1. The number of hydrogen-bond donors (Lipinski definition) is 1. The summed E-state index contributed by atoms with van der Waals surface area (Å²) in [6.07, 6.45) is 1.83. The standard InChI is InChI=1S/C19H16N6O2/c26-18-10-9-15(23-25(18)13-14-6-2-1-3-7-14)19(27)20-12-17-22-21-16-8-4-5-11-24(16)17/h1-11H,12-13H2,(H,20,27). The highest BCUT2D eigenvalue weighted by atomic mass is 16.2. The molecule has 0 bridgehead atoms. The monoisotopic (exact) mass is 360 g/mol. The fourth-order valence-electron chi connectivity index (χ4n) is 2.70. The number of carbonyl (C=O) groups excluding carboxylic acids is 1. The van der Waals surface area contributed by atoms with Crippen molar-refractivity contribution in [3.63, 3.8) is 0 Å². The van der Waals surface area contributed by atoms with Crippen molar-refractivity contribution < 1.29 is 4.79 Å². The van der Waals surface area contributed by atoms with Gasteiger partial charge >= 0.3 is 0 Å². The summed E-state index contributed by atoms with van der Waals surface area (Å²) in [5.74, 6) is 0.223. The SMILES string of the molecule is O=C(NCc1nnc2ccccn12)c1ccc(=O)n(Cc2ccccc2)n1. The molecule has 4 aromatic rings. The van der Waals surface area contributed by atoms with Crippen LogP contribution in [0.2, 0.25) is 0 Å². The number of rotatable bonds is 5. The van der Waals surface area contributed by atoms with Crippen molar-refractivity contribution in [3.05, 3.63) is 94.3 Å². The summed E-state index contributed by atoms with van der Waals surface area (Å²) >= 11 is 0. The first-order valence-corrected chi connectivity index (χ1v) is 8.40. The third-order valence-electron chi connectivity index (χ3n) is 4.07. The number of pyridine rings is 1. The van der Waals surface area contributed by atoms with Crippen molar-refractivity contribution in [1.82, 2.24) is 29.7 Å². The second kappa shape index (κ2) is 7.20. The zero-order valence-electron chi connectivity index (χ0n) is 14.3. The lowest BCUT2D eigenvalue weighted by molar-refractivity contribution is 0.0942. The van der Waals surface area contributed by atoms with Crippen LogP contribution in [0.15, 0.2) is 71.7 Å². The highest BCUT2D eigenvalue weighted by Gasteiger charge is 2.12. The minimum absolute atomic E-state index is 0.166. The van der Waals surface area contributed by atoms with E-state index in [0.717, 1.165) is 5.56 Å². The van der Waals surface area contributed by atoms with Crippen LogP contribution in [0.1, 0.15) is 21.9 Å². The molecule has 8 heteroatoms. The molecule has 27 heavy (non-hydrogen) atoms. The third kappa shape index (κ3) is 3.59. The first-order chi connectivity index (χ1) is 13.2. The third-order valence-corrected chi connectivity index (χ3v) is 4.07. The molecule has 0 saturated carbocycles. The van der Waals surface area contributed by atoms with Crippen molar-refractivity contribution in [2.75, 3.05) is 0 Å². The molecule has 8 nitrogen and oxygen atoms in total. The van der Waals surface area contributed by atoms with Gasteiger partial charge in [0.2, 0.25) is 0 Å². The average molecular weight is 360 g/mol. The van der Waals surface area contributed by atoms with E-state index in [1.807, 2.05) is 54.7 Å². The zero-order chi connectivity index (χ0) is 18.6. The first kappa shape index (κ1) is 16.6. The highest BCUT2D eigenvalue weighted by molar-refractivity contribution is 5.91. The van der Waals surface area contributed by atoms with E-state index in [1.165, 1.54) is 16.8 Å². The Kier molecular flexibility index (Phi) is 4.44. The number of fused-ring (bicyclic) bond motifs is 1. The van der Waals surface area contributed by atoms with Gasteiger partial charge in [-0.1, -0.05) is 36.4 Å². The molecule has 0 unspecified atom stereocenters. The Bertz CT molecular complexity index is 1150. The van der Waals surface area contributed by atoms with Crippen molar-refractivity contribution in [1.29, 1.82) is 0 Å². The second-order valence-corrected chi connectivity index (χ2v) is 5.93. The quantitative estimate of drug-likeness (QED) is 0.578. The van der Waals surface area contributed by atoms with Crippen LogP contribution in [-0.2, 0) is 13.1 Å². The minimum Gasteiger partial charge on any atom is -0.343 e. The summed E-state index contributed by atoms with van der Waals surface area (Å²) in [5, 5.41) is 15.1. The van der Waals surface area contributed by atoms with E-state index in [4.69, 9.17) is 0 Å². The van der Waals surface area contributed by atoms with Crippen LogP contribution in [0.5, 0.6) is 0 Å². The Morgan fingerprint density at radius 1 is 0.963 bits per heavy atom. The normalized spacial score (nSPS) is 10.8. The van der Waals surface area contributed by atoms with Gasteiger partial charge in [0.05, 0.1) is 13.1 Å². The van der Waals surface area contributed by atoms with Gasteiger partial charge in [0, 0.05) is 12.3 Å². The fraction of sp³-hybridized carbons (Fsp3) is 0.105. The lowest BCUT2D eigenvalue weighted by Crippen LogP contribution is -2.30. The van der Waals surface area contributed by atoms with E-state index in [9.17, 15) is 9.59 Å². The predicted octanol–water partition coefficient (Wildman–Crippen LogP) is 1.26. The largest absolute Gasteiger partial charge is 0.343 e. The molecule has 1 amide bonds. The molecule has 1 N–H and O–H groups in total. The van der Waals surface area contributed by atoms with Gasteiger partial charge in [-0.15, -0.1) is 10.2 Å². The molecule has 1 aromatic carbocycles. The molecule has 0 fully saturated rings. The molecule has 4 rings (SSSR count).